The second-order valence-corrected chi connectivity index (χ2v) is 9.08. The predicted molar refractivity (Wildman–Crippen MR) is 113 cm³/mol. The predicted octanol–water partition coefficient (Wildman–Crippen LogP) is 6.09. The molecule has 140 valence electrons. The van der Waals surface area contributed by atoms with E-state index in [2.05, 4.69) is 38.4 Å². The SMILES string of the molecule is C=CCOc1ccccc1C=Nc1sc2c(c1C#N)CC[C@H](C(C)(C)C)C2. The third-order valence-electron chi connectivity index (χ3n) is 5.18. The van der Waals surface area contributed by atoms with Crippen LogP contribution in [0.2, 0.25) is 0 Å². The monoisotopic (exact) mass is 378 g/mol. The number of benzene rings is 1. The molecule has 4 heteroatoms. The smallest absolute Gasteiger partial charge is 0.134 e. The molecular weight excluding hydrogens is 352 g/mol. The Morgan fingerprint density at radius 2 is 2.15 bits per heavy atom. The molecule has 0 radical (unpaired) electrons. The molecule has 0 saturated heterocycles. The van der Waals surface area contributed by atoms with Crippen LogP contribution < -0.4 is 4.74 Å². The zero-order valence-corrected chi connectivity index (χ0v) is 17.1. The van der Waals surface area contributed by atoms with E-state index < -0.39 is 0 Å². The van der Waals surface area contributed by atoms with E-state index in [-0.39, 0.29) is 0 Å². The van der Waals surface area contributed by atoms with Crippen molar-refractivity contribution in [3.63, 3.8) is 0 Å². The Morgan fingerprint density at radius 1 is 1.37 bits per heavy atom. The minimum absolute atomic E-state index is 0.291. The zero-order valence-electron chi connectivity index (χ0n) is 16.3. The first kappa shape index (κ1) is 19.4. The molecule has 1 atom stereocenters. The van der Waals surface area contributed by atoms with E-state index >= 15 is 0 Å². The summed E-state index contributed by atoms with van der Waals surface area (Å²) in [6.07, 6.45) is 6.69. The van der Waals surface area contributed by atoms with Gasteiger partial charge in [-0.25, -0.2) is 4.99 Å². The molecule has 1 aliphatic carbocycles. The molecule has 0 N–H and O–H groups in total. The summed E-state index contributed by atoms with van der Waals surface area (Å²) >= 11 is 1.67. The number of rotatable bonds is 5. The molecule has 0 bridgehead atoms. The number of nitriles is 1. The molecule has 0 spiro atoms. The lowest BCUT2D eigenvalue weighted by molar-refractivity contribution is 0.218. The average Bonchev–Trinajstić information content (AvgIpc) is 3.01. The summed E-state index contributed by atoms with van der Waals surface area (Å²) in [5, 5.41) is 10.5. The molecule has 0 fully saturated rings. The van der Waals surface area contributed by atoms with Crippen molar-refractivity contribution in [2.45, 2.75) is 40.0 Å². The quantitative estimate of drug-likeness (QED) is 0.467. The molecular formula is C23H26N2OS. The lowest BCUT2D eigenvalue weighted by Gasteiger charge is -2.33. The van der Waals surface area contributed by atoms with Crippen molar-refractivity contribution >= 4 is 22.6 Å². The van der Waals surface area contributed by atoms with Crippen molar-refractivity contribution in [2.75, 3.05) is 6.61 Å². The van der Waals surface area contributed by atoms with E-state index in [0.717, 1.165) is 41.1 Å². The highest BCUT2D eigenvalue weighted by Crippen LogP contribution is 2.44. The van der Waals surface area contributed by atoms with Gasteiger partial charge in [0, 0.05) is 16.7 Å². The van der Waals surface area contributed by atoms with Crippen LogP contribution in [0.4, 0.5) is 5.00 Å². The highest BCUT2D eigenvalue weighted by Gasteiger charge is 2.32. The van der Waals surface area contributed by atoms with Crippen molar-refractivity contribution in [1.82, 2.24) is 0 Å². The van der Waals surface area contributed by atoms with Crippen LogP contribution in [0, 0.1) is 22.7 Å². The molecule has 2 aromatic rings. The molecule has 1 heterocycles. The minimum atomic E-state index is 0.291. The van der Waals surface area contributed by atoms with E-state index in [4.69, 9.17) is 4.74 Å². The molecule has 0 aliphatic heterocycles. The third-order valence-corrected chi connectivity index (χ3v) is 6.34. The van der Waals surface area contributed by atoms with Crippen molar-refractivity contribution in [3.8, 4) is 11.8 Å². The molecule has 3 nitrogen and oxygen atoms in total. The molecule has 1 aromatic heterocycles. The van der Waals surface area contributed by atoms with Crippen LogP contribution >= 0.6 is 11.3 Å². The maximum Gasteiger partial charge on any atom is 0.134 e. The van der Waals surface area contributed by atoms with Gasteiger partial charge in [0.05, 0.1) is 5.56 Å². The number of nitrogens with zero attached hydrogens (tertiary/aromatic N) is 2. The second kappa shape index (κ2) is 8.10. The number of ether oxygens (including phenoxy) is 1. The third kappa shape index (κ3) is 4.31. The number of hydrogen-bond acceptors (Lipinski definition) is 4. The topological polar surface area (TPSA) is 45.4 Å². The first-order valence-corrected chi connectivity index (χ1v) is 10.2. The van der Waals surface area contributed by atoms with Crippen LogP contribution in [-0.2, 0) is 12.8 Å². The zero-order chi connectivity index (χ0) is 19.4. The highest BCUT2D eigenvalue weighted by molar-refractivity contribution is 7.16. The summed E-state index contributed by atoms with van der Waals surface area (Å²) in [6, 6.07) is 10.2. The van der Waals surface area contributed by atoms with Gasteiger partial charge in [0.25, 0.3) is 0 Å². The molecule has 3 rings (SSSR count). The Balaban J connectivity index is 1.89. The molecule has 0 amide bonds. The minimum Gasteiger partial charge on any atom is -0.489 e. The second-order valence-electron chi connectivity index (χ2n) is 8.00. The molecule has 1 aliphatic rings. The molecule has 27 heavy (non-hydrogen) atoms. The van der Waals surface area contributed by atoms with Gasteiger partial charge in [-0.2, -0.15) is 5.26 Å². The number of para-hydroxylation sites is 1. The maximum absolute atomic E-state index is 9.70. The molecule has 0 unspecified atom stereocenters. The van der Waals surface area contributed by atoms with Gasteiger partial charge in [0.1, 0.15) is 23.4 Å². The largest absolute Gasteiger partial charge is 0.489 e. The lowest BCUT2D eigenvalue weighted by Crippen LogP contribution is -2.26. The summed E-state index contributed by atoms with van der Waals surface area (Å²) in [5.74, 6) is 1.42. The fraction of sp³-hybridized carbons (Fsp3) is 0.391. The van der Waals surface area contributed by atoms with Gasteiger partial charge in [-0.05, 0) is 48.3 Å². The van der Waals surface area contributed by atoms with Crippen LogP contribution in [0.15, 0.2) is 41.9 Å². The Hall–Kier alpha value is -2.38. The lowest BCUT2D eigenvalue weighted by atomic mass is 9.72. The standard InChI is InChI=1S/C23H26N2OS/c1-5-12-26-20-9-7-6-8-16(20)15-25-22-19(14-24)18-11-10-17(23(2,3)4)13-21(18)27-22/h5-9,15,17H,1,10-13H2,2-4H3/t17-/m0/s1. The first-order valence-electron chi connectivity index (χ1n) is 9.35. The van der Waals surface area contributed by atoms with Gasteiger partial charge in [-0.3, -0.25) is 0 Å². The van der Waals surface area contributed by atoms with Gasteiger partial charge < -0.3 is 4.74 Å². The normalized spacial score (nSPS) is 16.7. The number of aliphatic imine (C=N–C) groups is 1. The molecule has 1 aromatic carbocycles. The van der Waals surface area contributed by atoms with Crippen LogP contribution in [0.25, 0.3) is 0 Å². The Labute approximate surface area is 166 Å². The van der Waals surface area contributed by atoms with Crippen LogP contribution in [0.1, 0.15) is 48.8 Å². The molecule has 0 saturated carbocycles. The number of fused-ring (bicyclic) bond motifs is 1. The summed E-state index contributed by atoms with van der Waals surface area (Å²) in [5.41, 5.74) is 3.16. The van der Waals surface area contributed by atoms with Crippen LogP contribution in [0.5, 0.6) is 5.75 Å². The van der Waals surface area contributed by atoms with E-state index in [0.29, 0.717) is 17.9 Å². The number of hydrogen-bond donors (Lipinski definition) is 0. The number of thiophene rings is 1. The van der Waals surface area contributed by atoms with Gasteiger partial charge in [0.15, 0.2) is 0 Å². The van der Waals surface area contributed by atoms with Gasteiger partial charge in [-0.15, -0.1) is 11.3 Å². The van der Waals surface area contributed by atoms with Gasteiger partial charge in [0.2, 0.25) is 0 Å². The van der Waals surface area contributed by atoms with Crippen LogP contribution in [-0.4, -0.2) is 12.8 Å². The Kier molecular flexibility index (Phi) is 5.82. The van der Waals surface area contributed by atoms with Crippen LogP contribution in [0.3, 0.4) is 0 Å². The van der Waals surface area contributed by atoms with Gasteiger partial charge >= 0.3 is 0 Å². The van der Waals surface area contributed by atoms with Crippen molar-refractivity contribution in [2.24, 2.45) is 16.3 Å². The van der Waals surface area contributed by atoms with E-state index in [1.54, 1.807) is 23.6 Å². The maximum atomic E-state index is 9.70. The summed E-state index contributed by atoms with van der Waals surface area (Å²) in [4.78, 5) is 6.01. The average molecular weight is 379 g/mol. The summed E-state index contributed by atoms with van der Waals surface area (Å²) in [6.45, 7) is 11.1. The summed E-state index contributed by atoms with van der Waals surface area (Å²) in [7, 11) is 0. The van der Waals surface area contributed by atoms with Crippen molar-refractivity contribution in [1.29, 1.82) is 5.26 Å². The van der Waals surface area contributed by atoms with E-state index in [9.17, 15) is 5.26 Å². The summed E-state index contributed by atoms with van der Waals surface area (Å²) < 4.78 is 5.69. The highest BCUT2D eigenvalue weighted by atomic mass is 32.1. The van der Waals surface area contributed by atoms with Crippen molar-refractivity contribution in [3.05, 3.63) is 58.5 Å². The van der Waals surface area contributed by atoms with Gasteiger partial charge in [-0.1, -0.05) is 45.6 Å². The van der Waals surface area contributed by atoms with E-state index in [1.165, 1.54) is 10.4 Å². The Morgan fingerprint density at radius 3 is 2.85 bits per heavy atom. The fourth-order valence-electron chi connectivity index (χ4n) is 3.51. The van der Waals surface area contributed by atoms with E-state index in [1.807, 2.05) is 24.3 Å². The van der Waals surface area contributed by atoms with Crippen molar-refractivity contribution < 1.29 is 4.74 Å². The fourth-order valence-corrected chi connectivity index (χ4v) is 4.73. The Bertz CT molecular complexity index is 896. The first-order chi connectivity index (χ1) is 12.9.